The molecular formula is C23H33IN4O2. The van der Waals surface area contributed by atoms with Gasteiger partial charge in [-0.2, -0.15) is 0 Å². The summed E-state index contributed by atoms with van der Waals surface area (Å²) in [6.07, 6.45) is 2.23. The van der Waals surface area contributed by atoms with Gasteiger partial charge in [0.15, 0.2) is 5.96 Å². The first-order valence-corrected chi connectivity index (χ1v) is 10.2. The van der Waals surface area contributed by atoms with Gasteiger partial charge in [0.05, 0.1) is 14.2 Å². The van der Waals surface area contributed by atoms with Crippen LogP contribution in [0.1, 0.15) is 23.1 Å². The molecule has 0 spiro atoms. The zero-order chi connectivity index (χ0) is 20.5. The van der Waals surface area contributed by atoms with Crippen molar-refractivity contribution in [3.05, 3.63) is 59.2 Å². The molecule has 2 aromatic carbocycles. The topological polar surface area (TPSA) is 58.1 Å². The SMILES string of the molecule is CN=C(NCCCN1CCc2ccccc2C1)NCc1ccc(OC)cc1OC.I. The Morgan fingerprint density at radius 1 is 1.07 bits per heavy atom. The highest BCUT2D eigenvalue weighted by molar-refractivity contribution is 14.0. The van der Waals surface area contributed by atoms with E-state index in [4.69, 9.17) is 9.47 Å². The monoisotopic (exact) mass is 524 g/mol. The van der Waals surface area contributed by atoms with Crippen LogP contribution in [0, 0.1) is 0 Å². The van der Waals surface area contributed by atoms with Crippen molar-refractivity contribution in [2.45, 2.75) is 25.9 Å². The summed E-state index contributed by atoms with van der Waals surface area (Å²) in [6, 6.07) is 14.6. The summed E-state index contributed by atoms with van der Waals surface area (Å²) in [4.78, 5) is 6.85. The van der Waals surface area contributed by atoms with E-state index < -0.39 is 0 Å². The van der Waals surface area contributed by atoms with Crippen LogP contribution in [0.4, 0.5) is 0 Å². The molecule has 164 valence electrons. The largest absolute Gasteiger partial charge is 0.497 e. The van der Waals surface area contributed by atoms with Crippen LogP contribution in [0.5, 0.6) is 11.5 Å². The zero-order valence-corrected chi connectivity index (χ0v) is 20.4. The number of ether oxygens (including phenoxy) is 2. The van der Waals surface area contributed by atoms with E-state index in [-0.39, 0.29) is 24.0 Å². The van der Waals surface area contributed by atoms with E-state index in [9.17, 15) is 0 Å². The Balaban J connectivity index is 0.00000320. The molecule has 0 bridgehead atoms. The van der Waals surface area contributed by atoms with Gasteiger partial charge < -0.3 is 20.1 Å². The second-order valence-electron chi connectivity index (χ2n) is 7.18. The third-order valence-corrected chi connectivity index (χ3v) is 5.32. The number of aliphatic imine (C=N–C) groups is 1. The lowest BCUT2D eigenvalue weighted by Gasteiger charge is -2.28. The fraction of sp³-hybridized carbons (Fsp3) is 0.435. The predicted octanol–water partition coefficient (Wildman–Crippen LogP) is 3.44. The van der Waals surface area contributed by atoms with Gasteiger partial charge in [0.1, 0.15) is 11.5 Å². The minimum atomic E-state index is 0. The second-order valence-corrected chi connectivity index (χ2v) is 7.18. The Morgan fingerprint density at radius 2 is 1.87 bits per heavy atom. The molecule has 2 aromatic rings. The van der Waals surface area contributed by atoms with E-state index in [1.165, 1.54) is 11.1 Å². The number of methoxy groups -OCH3 is 2. The lowest BCUT2D eigenvalue weighted by atomic mass is 10.00. The van der Waals surface area contributed by atoms with Crippen molar-refractivity contribution in [1.29, 1.82) is 0 Å². The third kappa shape index (κ3) is 6.77. The van der Waals surface area contributed by atoms with Gasteiger partial charge in [0, 0.05) is 51.4 Å². The predicted molar refractivity (Wildman–Crippen MR) is 133 cm³/mol. The van der Waals surface area contributed by atoms with Crippen molar-refractivity contribution < 1.29 is 9.47 Å². The van der Waals surface area contributed by atoms with E-state index in [1.807, 2.05) is 18.2 Å². The molecule has 30 heavy (non-hydrogen) atoms. The van der Waals surface area contributed by atoms with Crippen LogP contribution < -0.4 is 20.1 Å². The van der Waals surface area contributed by atoms with E-state index in [2.05, 4.69) is 44.8 Å². The number of hydrogen-bond donors (Lipinski definition) is 2. The van der Waals surface area contributed by atoms with Gasteiger partial charge in [-0.1, -0.05) is 24.3 Å². The highest BCUT2D eigenvalue weighted by atomic mass is 127. The molecule has 6 nitrogen and oxygen atoms in total. The first kappa shape index (κ1) is 24.3. The van der Waals surface area contributed by atoms with Crippen LogP contribution in [0.2, 0.25) is 0 Å². The summed E-state index contributed by atoms with van der Waals surface area (Å²) in [5, 5.41) is 6.76. The van der Waals surface area contributed by atoms with Crippen molar-refractivity contribution in [2.75, 3.05) is 40.9 Å². The Labute approximate surface area is 197 Å². The van der Waals surface area contributed by atoms with Gasteiger partial charge in [-0.25, -0.2) is 0 Å². The molecule has 0 atom stereocenters. The maximum absolute atomic E-state index is 5.46. The van der Waals surface area contributed by atoms with Crippen LogP contribution in [0.25, 0.3) is 0 Å². The van der Waals surface area contributed by atoms with Crippen molar-refractivity contribution in [1.82, 2.24) is 15.5 Å². The third-order valence-electron chi connectivity index (χ3n) is 5.32. The van der Waals surface area contributed by atoms with Crippen LogP contribution >= 0.6 is 24.0 Å². The number of rotatable bonds is 8. The van der Waals surface area contributed by atoms with Crippen molar-refractivity contribution >= 4 is 29.9 Å². The minimum absolute atomic E-state index is 0. The molecule has 7 heteroatoms. The first-order chi connectivity index (χ1) is 14.2. The Bertz CT molecular complexity index is 829. The Morgan fingerprint density at radius 3 is 2.60 bits per heavy atom. The normalized spacial score (nSPS) is 13.8. The lowest BCUT2D eigenvalue weighted by Crippen LogP contribution is -2.39. The summed E-state index contributed by atoms with van der Waals surface area (Å²) in [5.74, 6) is 2.39. The van der Waals surface area contributed by atoms with Crippen LogP contribution in [-0.4, -0.2) is 51.8 Å². The van der Waals surface area contributed by atoms with E-state index >= 15 is 0 Å². The van der Waals surface area contributed by atoms with Gasteiger partial charge in [-0.3, -0.25) is 9.89 Å². The average Bonchev–Trinajstić information content (AvgIpc) is 2.78. The van der Waals surface area contributed by atoms with Gasteiger partial charge in [-0.15, -0.1) is 24.0 Å². The fourth-order valence-corrected chi connectivity index (χ4v) is 3.65. The summed E-state index contributed by atoms with van der Waals surface area (Å²) < 4.78 is 10.7. The first-order valence-electron chi connectivity index (χ1n) is 10.2. The smallest absolute Gasteiger partial charge is 0.191 e. The molecule has 1 heterocycles. The molecule has 0 amide bonds. The highest BCUT2D eigenvalue weighted by Gasteiger charge is 2.14. The standard InChI is InChI=1S/C23H32N4O2.HI/c1-24-23(26-16-19-9-10-21(28-2)15-22(19)29-3)25-12-6-13-27-14-11-18-7-4-5-8-20(18)17-27;/h4-5,7-10,15H,6,11-14,16-17H2,1-3H3,(H2,24,25,26);1H. The molecule has 0 radical (unpaired) electrons. The summed E-state index contributed by atoms with van der Waals surface area (Å²) in [7, 11) is 5.12. The highest BCUT2D eigenvalue weighted by Crippen LogP contribution is 2.24. The van der Waals surface area contributed by atoms with E-state index in [1.54, 1.807) is 21.3 Å². The van der Waals surface area contributed by atoms with Crippen LogP contribution in [0.3, 0.4) is 0 Å². The van der Waals surface area contributed by atoms with Crippen molar-refractivity contribution in [2.24, 2.45) is 4.99 Å². The maximum atomic E-state index is 5.46. The Kier molecular flexibility index (Phi) is 10.2. The average molecular weight is 524 g/mol. The maximum Gasteiger partial charge on any atom is 0.191 e. The van der Waals surface area contributed by atoms with Crippen LogP contribution in [-0.2, 0) is 19.5 Å². The number of benzene rings is 2. The van der Waals surface area contributed by atoms with Gasteiger partial charge in [0.25, 0.3) is 0 Å². The molecule has 0 unspecified atom stereocenters. The van der Waals surface area contributed by atoms with E-state index in [0.29, 0.717) is 6.54 Å². The Hall–Kier alpha value is -2.00. The van der Waals surface area contributed by atoms with Gasteiger partial charge in [0.2, 0.25) is 0 Å². The molecule has 1 aliphatic rings. The van der Waals surface area contributed by atoms with Gasteiger partial charge >= 0.3 is 0 Å². The number of nitrogens with one attached hydrogen (secondary N) is 2. The molecule has 2 N–H and O–H groups in total. The molecule has 0 aromatic heterocycles. The number of halogens is 1. The molecule has 1 aliphatic heterocycles. The molecule has 0 saturated heterocycles. The summed E-state index contributed by atoms with van der Waals surface area (Å²) in [5.41, 5.74) is 4.03. The van der Waals surface area contributed by atoms with Crippen molar-refractivity contribution in [3.8, 4) is 11.5 Å². The number of fused-ring (bicyclic) bond motifs is 1. The number of nitrogens with zero attached hydrogens (tertiary/aromatic N) is 2. The van der Waals surface area contributed by atoms with Crippen molar-refractivity contribution in [3.63, 3.8) is 0 Å². The lowest BCUT2D eigenvalue weighted by molar-refractivity contribution is 0.251. The second kappa shape index (κ2) is 12.6. The van der Waals surface area contributed by atoms with Crippen LogP contribution in [0.15, 0.2) is 47.5 Å². The van der Waals surface area contributed by atoms with Gasteiger partial charge in [-0.05, 0) is 36.1 Å². The summed E-state index contributed by atoms with van der Waals surface area (Å²) >= 11 is 0. The fourth-order valence-electron chi connectivity index (χ4n) is 3.65. The zero-order valence-electron chi connectivity index (χ0n) is 18.1. The number of hydrogen-bond acceptors (Lipinski definition) is 4. The summed E-state index contributed by atoms with van der Waals surface area (Å²) in [6.45, 7) is 4.81. The molecule has 0 saturated carbocycles. The van der Waals surface area contributed by atoms with E-state index in [0.717, 1.165) is 62.0 Å². The molecule has 3 rings (SSSR count). The molecular weight excluding hydrogens is 491 g/mol. The molecule has 0 fully saturated rings. The number of guanidine groups is 1. The minimum Gasteiger partial charge on any atom is -0.497 e. The quantitative estimate of drug-likeness (QED) is 0.240. The molecule has 0 aliphatic carbocycles.